The summed E-state index contributed by atoms with van der Waals surface area (Å²) in [6.07, 6.45) is 2.89. The van der Waals surface area contributed by atoms with Crippen LogP contribution in [0.2, 0.25) is 0 Å². The second kappa shape index (κ2) is 11.3. The molecular formula is C9H10Cl2Mg. The van der Waals surface area contributed by atoms with Gasteiger partial charge < -0.3 is 24.8 Å². The fourth-order valence-corrected chi connectivity index (χ4v) is 0.781. The van der Waals surface area contributed by atoms with Gasteiger partial charge in [0.25, 0.3) is 0 Å². The Morgan fingerprint density at radius 2 is 1.58 bits per heavy atom. The third-order valence-corrected chi connectivity index (χ3v) is 1.22. The maximum atomic E-state index is 3.66. The molecule has 1 aromatic carbocycles. The van der Waals surface area contributed by atoms with Crippen molar-refractivity contribution >= 4 is 23.1 Å². The van der Waals surface area contributed by atoms with Crippen molar-refractivity contribution in [3.63, 3.8) is 0 Å². The van der Waals surface area contributed by atoms with E-state index in [1.54, 1.807) is 0 Å². The summed E-state index contributed by atoms with van der Waals surface area (Å²) in [4.78, 5) is 0. The Morgan fingerprint density at radius 3 is 2.00 bits per heavy atom. The van der Waals surface area contributed by atoms with Crippen LogP contribution in [0.3, 0.4) is 0 Å². The van der Waals surface area contributed by atoms with Gasteiger partial charge in [-0.05, 0) is 12.0 Å². The van der Waals surface area contributed by atoms with Crippen LogP contribution in [0.15, 0.2) is 43.0 Å². The van der Waals surface area contributed by atoms with Gasteiger partial charge in [0.1, 0.15) is 0 Å². The zero-order chi connectivity index (χ0) is 6.53. The van der Waals surface area contributed by atoms with Crippen LogP contribution in [0, 0.1) is 0 Å². The molecule has 12 heavy (non-hydrogen) atoms. The van der Waals surface area contributed by atoms with Crippen molar-refractivity contribution in [2.45, 2.75) is 6.42 Å². The molecule has 0 heterocycles. The average molecular weight is 213 g/mol. The molecule has 0 radical (unpaired) electrons. The van der Waals surface area contributed by atoms with E-state index in [-0.39, 0.29) is 47.9 Å². The van der Waals surface area contributed by atoms with E-state index in [2.05, 4.69) is 18.7 Å². The topological polar surface area (TPSA) is 0 Å². The molecule has 0 spiro atoms. The van der Waals surface area contributed by atoms with Gasteiger partial charge in [0.15, 0.2) is 0 Å². The zero-order valence-corrected chi connectivity index (χ0v) is 9.77. The Morgan fingerprint density at radius 1 is 1.08 bits per heavy atom. The van der Waals surface area contributed by atoms with Crippen LogP contribution in [-0.2, 0) is 6.42 Å². The first-order valence-electron chi connectivity index (χ1n) is 3.08. The monoisotopic (exact) mass is 212 g/mol. The average Bonchev–Trinajstić information content (AvgIpc) is 1.91. The van der Waals surface area contributed by atoms with Crippen molar-refractivity contribution < 1.29 is 24.8 Å². The number of benzene rings is 1. The van der Waals surface area contributed by atoms with Crippen LogP contribution >= 0.6 is 0 Å². The first-order valence-corrected chi connectivity index (χ1v) is 3.08. The summed E-state index contributed by atoms with van der Waals surface area (Å²) >= 11 is 0. The molecule has 0 bridgehead atoms. The Hall–Kier alpha value is 0.306. The molecule has 62 valence electrons. The van der Waals surface area contributed by atoms with E-state index in [4.69, 9.17) is 0 Å². The summed E-state index contributed by atoms with van der Waals surface area (Å²) in [5.74, 6) is 0. The van der Waals surface area contributed by atoms with Gasteiger partial charge in [-0.1, -0.05) is 36.4 Å². The predicted octanol–water partition coefficient (Wildman–Crippen LogP) is -3.96. The van der Waals surface area contributed by atoms with Crippen LogP contribution < -0.4 is 24.8 Å². The van der Waals surface area contributed by atoms with E-state index in [9.17, 15) is 0 Å². The van der Waals surface area contributed by atoms with Gasteiger partial charge in [0.2, 0.25) is 0 Å². The second-order valence-electron chi connectivity index (χ2n) is 1.98. The molecule has 0 nitrogen and oxygen atoms in total. The third-order valence-electron chi connectivity index (χ3n) is 1.22. The molecule has 1 aromatic rings. The molecular weight excluding hydrogens is 203 g/mol. The van der Waals surface area contributed by atoms with E-state index in [0.29, 0.717) is 0 Å². The first-order chi connectivity index (χ1) is 4.43. The van der Waals surface area contributed by atoms with Crippen LogP contribution in [0.5, 0.6) is 0 Å². The predicted molar refractivity (Wildman–Crippen MR) is 46.1 cm³/mol. The molecule has 0 fully saturated rings. The van der Waals surface area contributed by atoms with Gasteiger partial charge in [0.05, 0.1) is 0 Å². The summed E-state index contributed by atoms with van der Waals surface area (Å²) in [5, 5.41) is 0. The Balaban J connectivity index is -0.000000270. The molecule has 0 saturated carbocycles. The number of hydrogen-bond acceptors (Lipinski definition) is 0. The zero-order valence-electron chi connectivity index (χ0n) is 6.84. The minimum atomic E-state index is 0. The van der Waals surface area contributed by atoms with E-state index in [0.717, 1.165) is 6.42 Å². The molecule has 0 aromatic heterocycles. The number of allylic oxidation sites excluding steroid dienone is 1. The van der Waals surface area contributed by atoms with Crippen LogP contribution in [-0.4, -0.2) is 23.1 Å². The minimum Gasteiger partial charge on any atom is -1.00 e. The van der Waals surface area contributed by atoms with Gasteiger partial charge in [-0.15, -0.1) is 6.58 Å². The fraction of sp³-hybridized carbons (Fsp3) is 0.111. The maximum Gasteiger partial charge on any atom is 2.00 e. The van der Waals surface area contributed by atoms with E-state index in [1.807, 2.05) is 24.3 Å². The molecule has 0 N–H and O–H groups in total. The van der Waals surface area contributed by atoms with E-state index >= 15 is 0 Å². The molecule has 0 aliphatic heterocycles. The number of hydrogen-bond donors (Lipinski definition) is 0. The largest absolute Gasteiger partial charge is 2.00 e. The molecule has 0 aliphatic rings. The molecule has 0 atom stereocenters. The van der Waals surface area contributed by atoms with Crippen molar-refractivity contribution in [2.75, 3.05) is 0 Å². The normalized spacial score (nSPS) is 6.67. The summed E-state index contributed by atoms with van der Waals surface area (Å²) in [5.41, 5.74) is 1.33. The van der Waals surface area contributed by atoms with Crippen molar-refractivity contribution in [3.05, 3.63) is 48.6 Å². The smallest absolute Gasteiger partial charge is 1.00 e. The van der Waals surface area contributed by atoms with Crippen molar-refractivity contribution in [1.29, 1.82) is 0 Å². The molecule has 0 saturated heterocycles. The van der Waals surface area contributed by atoms with Crippen LogP contribution in [0.4, 0.5) is 0 Å². The maximum absolute atomic E-state index is 3.66. The Kier molecular flexibility index (Phi) is 17.1. The van der Waals surface area contributed by atoms with Gasteiger partial charge in [-0.3, -0.25) is 0 Å². The van der Waals surface area contributed by atoms with Gasteiger partial charge >= 0.3 is 23.1 Å². The molecule has 1 rings (SSSR count). The molecule has 0 amide bonds. The molecule has 0 unspecified atom stereocenters. The van der Waals surface area contributed by atoms with E-state index < -0.39 is 0 Å². The molecule has 3 heteroatoms. The van der Waals surface area contributed by atoms with Gasteiger partial charge in [-0.25, -0.2) is 0 Å². The molecule has 0 aliphatic carbocycles. The first kappa shape index (κ1) is 18.2. The van der Waals surface area contributed by atoms with Crippen LogP contribution in [0.25, 0.3) is 0 Å². The Labute approximate surface area is 102 Å². The van der Waals surface area contributed by atoms with Gasteiger partial charge in [0, 0.05) is 0 Å². The minimum absolute atomic E-state index is 0. The summed E-state index contributed by atoms with van der Waals surface area (Å²) in [7, 11) is 0. The van der Waals surface area contributed by atoms with E-state index in [1.165, 1.54) is 5.56 Å². The number of rotatable bonds is 2. The summed E-state index contributed by atoms with van der Waals surface area (Å²) < 4.78 is 0. The summed E-state index contributed by atoms with van der Waals surface area (Å²) in [6.45, 7) is 3.66. The second-order valence-corrected chi connectivity index (χ2v) is 1.98. The van der Waals surface area contributed by atoms with Crippen LogP contribution in [0.1, 0.15) is 5.56 Å². The third kappa shape index (κ3) is 6.98. The van der Waals surface area contributed by atoms with Gasteiger partial charge in [-0.2, -0.15) is 0 Å². The summed E-state index contributed by atoms with van der Waals surface area (Å²) in [6, 6.07) is 10.3. The number of halogens is 2. The quantitative estimate of drug-likeness (QED) is 0.347. The SMILES string of the molecule is C=CCc1ccccc1.[Cl-].[Cl-].[Mg+2]. The Bertz CT molecular complexity index is 187. The van der Waals surface area contributed by atoms with Crippen molar-refractivity contribution in [1.82, 2.24) is 0 Å². The van der Waals surface area contributed by atoms with Crippen molar-refractivity contribution in [3.8, 4) is 0 Å². The fourth-order valence-electron chi connectivity index (χ4n) is 0.781. The van der Waals surface area contributed by atoms with Crippen molar-refractivity contribution in [2.24, 2.45) is 0 Å². The standard InChI is InChI=1S/C9H10.2ClH.Mg/c1-2-6-9-7-4-3-5-8-9;;;/h2-5,7-8H,1,6H2;2*1H;/q;;;+2/p-2.